The van der Waals surface area contributed by atoms with Crippen molar-refractivity contribution in [3.05, 3.63) is 22.3 Å². The number of nitrogens with zero attached hydrogens (tertiary/aromatic N) is 2. The zero-order valence-corrected chi connectivity index (χ0v) is 11.6. The Morgan fingerprint density at radius 2 is 2.35 bits per heavy atom. The Hall–Kier alpha value is -0.650. The maximum absolute atomic E-state index is 9.20. The van der Waals surface area contributed by atoms with Crippen LogP contribution in [-0.4, -0.2) is 42.0 Å². The first-order valence-corrected chi connectivity index (χ1v) is 6.53. The Balaban J connectivity index is 2.20. The van der Waals surface area contributed by atoms with E-state index in [1.54, 1.807) is 0 Å². The van der Waals surface area contributed by atoms with Gasteiger partial charge in [0.1, 0.15) is 5.82 Å². The molecule has 0 spiro atoms. The fourth-order valence-corrected chi connectivity index (χ4v) is 2.79. The molecule has 4 nitrogen and oxygen atoms in total. The molecule has 94 valence electrons. The molecule has 5 heteroatoms. The van der Waals surface area contributed by atoms with E-state index in [9.17, 15) is 5.11 Å². The first kappa shape index (κ1) is 12.8. The van der Waals surface area contributed by atoms with Gasteiger partial charge in [-0.25, -0.2) is 4.98 Å². The monoisotopic (exact) mass is 300 g/mol. The van der Waals surface area contributed by atoms with Gasteiger partial charge in [-0.3, -0.25) is 0 Å². The van der Waals surface area contributed by atoms with Crippen LogP contribution in [0.15, 0.2) is 16.7 Å². The smallest absolute Gasteiger partial charge is 0.143 e. The molecule has 2 atom stereocenters. The van der Waals surface area contributed by atoms with Crippen LogP contribution in [-0.2, 0) is 4.74 Å². The molecular formula is C12H17BrN2O2. The average Bonchev–Trinajstić information content (AvgIpc) is 2.28. The summed E-state index contributed by atoms with van der Waals surface area (Å²) in [5.41, 5.74) is 1.13. The van der Waals surface area contributed by atoms with Crippen LogP contribution >= 0.6 is 15.9 Å². The topological polar surface area (TPSA) is 45.6 Å². The third kappa shape index (κ3) is 2.97. The number of hydrogen-bond donors (Lipinski definition) is 1. The van der Waals surface area contributed by atoms with Crippen molar-refractivity contribution < 1.29 is 9.84 Å². The number of ether oxygens (including phenoxy) is 1. The quantitative estimate of drug-likeness (QED) is 0.904. The molecule has 1 saturated heterocycles. The molecule has 1 fully saturated rings. The molecule has 0 bridgehead atoms. The number of hydrogen-bond acceptors (Lipinski definition) is 4. The van der Waals surface area contributed by atoms with Crippen molar-refractivity contribution in [1.29, 1.82) is 0 Å². The molecule has 2 heterocycles. The largest absolute Gasteiger partial charge is 0.394 e. The first-order valence-electron chi connectivity index (χ1n) is 5.73. The highest BCUT2D eigenvalue weighted by Crippen LogP contribution is 2.27. The highest BCUT2D eigenvalue weighted by atomic mass is 79.9. The highest BCUT2D eigenvalue weighted by molar-refractivity contribution is 9.10. The van der Waals surface area contributed by atoms with Gasteiger partial charge in [-0.15, -0.1) is 0 Å². The van der Waals surface area contributed by atoms with E-state index >= 15 is 0 Å². The summed E-state index contributed by atoms with van der Waals surface area (Å²) in [5, 5.41) is 9.20. The highest BCUT2D eigenvalue weighted by Gasteiger charge is 2.26. The minimum atomic E-state index is -0.131. The van der Waals surface area contributed by atoms with Gasteiger partial charge in [0, 0.05) is 19.3 Å². The summed E-state index contributed by atoms with van der Waals surface area (Å²) in [4.78, 5) is 6.60. The van der Waals surface area contributed by atoms with Crippen LogP contribution in [0.5, 0.6) is 0 Å². The number of halogens is 1. The molecule has 0 amide bonds. The van der Waals surface area contributed by atoms with Crippen molar-refractivity contribution in [2.24, 2.45) is 0 Å². The van der Waals surface area contributed by atoms with Gasteiger partial charge in [0.25, 0.3) is 0 Å². The number of aliphatic hydroxyl groups excluding tert-OH is 1. The summed E-state index contributed by atoms with van der Waals surface area (Å²) in [6.07, 6.45) is 1.83. The number of pyridine rings is 1. The van der Waals surface area contributed by atoms with Crippen LogP contribution in [0.4, 0.5) is 5.82 Å². The second-order valence-corrected chi connectivity index (χ2v) is 5.33. The molecule has 2 rings (SSSR count). The van der Waals surface area contributed by atoms with Crippen LogP contribution < -0.4 is 4.90 Å². The minimum Gasteiger partial charge on any atom is -0.394 e. The lowest BCUT2D eigenvalue weighted by Crippen LogP contribution is -2.48. The number of aliphatic hydroxyl groups is 1. The van der Waals surface area contributed by atoms with Crippen molar-refractivity contribution in [3.8, 4) is 0 Å². The van der Waals surface area contributed by atoms with Crippen LogP contribution in [0.2, 0.25) is 0 Å². The van der Waals surface area contributed by atoms with Crippen molar-refractivity contribution in [2.45, 2.75) is 26.1 Å². The van der Waals surface area contributed by atoms with Gasteiger partial charge in [0.15, 0.2) is 0 Å². The lowest BCUT2D eigenvalue weighted by Gasteiger charge is -2.37. The average molecular weight is 301 g/mol. The lowest BCUT2D eigenvalue weighted by atomic mass is 10.2. The molecule has 0 aromatic carbocycles. The molecule has 0 saturated carbocycles. The molecule has 1 N–H and O–H groups in total. The standard InChI is InChI=1S/C12H17BrN2O2/c1-8-3-11(13)12(14-4-8)15-5-9(2)17-10(6-15)7-16/h3-4,9-10,16H,5-7H2,1-2H3. The van der Waals surface area contributed by atoms with Crippen LogP contribution in [0.3, 0.4) is 0 Å². The number of aromatic nitrogens is 1. The second kappa shape index (κ2) is 5.33. The first-order chi connectivity index (χ1) is 8.10. The minimum absolute atomic E-state index is 0.0460. The Morgan fingerprint density at radius 3 is 3.00 bits per heavy atom. The summed E-state index contributed by atoms with van der Waals surface area (Å²) in [5.74, 6) is 0.921. The summed E-state index contributed by atoms with van der Waals surface area (Å²) in [7, 11) is 0. The predicted octanol–water partition coefficient (Wildman–Crippen LogP) is 1.74. The molecule has 0 aliphatic carbocycles. The normalized spacial score (nSPS) is 25.1. The van der Waals surface area contributed by atoms with Crippen molar-refractivity contribution in [1.82, 2.24) is 4.98 Å². The zero-order valence-electron chi connectivity index (χ0n) is 10.1. The van der Waals surface area contributed by atoms with Gasteiger partial charge in [0.05, 0.1) is 23.3 Å². The van der Waals surface area contributed by atoms with Crippen LogP contribution in [0, 0.1) is 6.92 Å². The van der Waals surface area contributed by atoms with Crippen molar-refractivity contribution in [3.63, 3.8) is 0 Å². The van der Waals surface area contributed by atoms with Crippen LogP contribution in [0.1, 0.15) is 12.5 Å². The Labute approximate surface area is 110 Å². The molecule has 2 unspecified atom stereocenters. The van der Waals surface area contributed by atoms with E-state index in [1.165, 1.54) is 0 Å². The Morgan fingerprint density at radius 1 is 1.59 bits per heavy atom. The molecule has 0 radical (unpaired) electrons. The predicted molar refractivity (Wildman–Crippen MR) is 70.3 cm³/mol. The lowest BCUT2D eigenvalue weighted by molar-refractivity contribution is -0.0423. The fourth-order valence-electron chi connectivity index (χ4n) is 2.08. The molecule has 1 aromatic heterocycles. The van der Waals surface area contributed by atoms with Gasteiger partial charge >= 0.3 is 0 Å². The van der Waals surface area contributed by atoms with E-state index in [4.69, 9.17) is 4.74 Å². The number of morpholine rings is 1. The zero-order chi connectivity index (χ0) is 12.4. The third-order valence-electron chi connectivity index (χ3n) is 2.79. The van der Waals surface area contributed by atoms with Crippen molar-refractivity contribution >= 4 is 21.7 Å². The van der Waals surface area contributed by atoms with E-state index in [0.717, 1.165) is 22.4 Å². The summed E-state index contributed by atoms with van der Waals surface area (Å²) in [6, 6.07) is 2.05. The maximum atomic E-state index is 9.20. The van der Waals surface area contributed by atoms with Gasteiger partial charge < -0.3 is 14.7 Å². The molecule has 17 heavy (non-hydrogen) atoms. The number of rotatable bonds is 2. The van der Waals surface area contributed by atoms with Gasteiger partial charge in [-0.05, 0) is 41.4 Å². The maximum Gasteiger partial charge on any atom is 0.143 e. The second-order valence-electron chi connectivity index (χ2n) is 4.47. The summed E-state index contributed by atoms with van der Waals surface area (Å²) >= 11 is 3.54. The van der Waals surface area contributed by atoms with Crippen molar-refractivity contribution in [2.75, 3.05) is 24.6 Å². The fraction of sp³-hybridized carbons (Fsp3) is 0.583. The molecular weight excluding hydrogens is 284 g/mol. The SMILES string of the molecule is Cc1cnc(N2CC(C)OC(CO)C2)c(Br)c1. The van der Waals surface area contributed by atoms with Gasteiger partial charge in [-0.2, -0.15) is 0 Å². The molecule has 1 aliphatic rings. The van der Waals surface area contributed by atoms with Gasteiger partial charge in [-0.1, -0.05) is 0 Å². The summed E-state index contributed by atoms with van der Waals surface area (Å²) < 4.78 is 6.61. The Bertz CT molecular complexity index is 400. The Kier molecular flexibility index (Phi) is 4.01. The van der Waals surface area contributed by atoms with E-state index in [-0.39, 0.29) is 18.8 Å². The van der Waals surface area contributed by atoms with E-state index in [1.807, 2.05) is 20.0 Å². The number of anilines is 1. The van der Waals surface area contributed by atoms with E-state index < -0.39 is 0 Å². The molecule has 1 aromatic rings. The third-order valence-corrected chi connectivity index (χ3v) is 3.37. The van der Waals surface area contributed by atoms with E-state index in [0.29, 0.717) is 6.54 Å². The van der Waals surface area contributed by atoms with Gasteiger partial charge in [0.2, 0.25) is 0 Å². The van der Waals surface area contributed by atoms with Crippen LogP contribution in [0.25, 0.3) is 0 Å². The summed E-state index contributed by atoms with van der Waals surface area (Å²) in [6.45, 7) is 5.54. The number of aryl methyl sites for hydroxylation is 1. The van der Waals surface area contributed by atoms with E-state index in [2.05, 4.69) is 31.9 Å². The molecule has 1 aliphatic heterocycles.